The second kappa shape index (κ2) is 13.6. The molecule has 0 N–H and O–H groups in total. The van der Waals surface area contributed by atoms with Gasteiger partial charge >= 0.3 is 286 Å². The summed E-state index contributed by atoms with van der Waals surface area (Å²) in [5.41, 5.74) is 13.3. The summed E-state index contributed by atoms with van der Waals surface area (Å²) in [6.45, 7) is 2.34. The first-order valence-electron chi connectivity index (χ1n) is 16.3. The molecule has 0 amide bonds. The third kappa shape index (κ3) is 5.50. The summed E-state index contributed by atoms with van der Waals surface area (Å²) >= 11 is 1.44. The largest absolute Gasteiger partial charge is 1.00 e. The van der Waals surface area contributed by atoms with Gasteiger partial charge in [-0.05, 0) is 0 Å². The van der Waals surface area contributed by atoms with Crippen molar-refractivity contribution in [3.63, 3.8) is 0 Å². The minimum atomic E-state index is 0. The van der Waals surface area contributed by atoms with Crippen molar-refractivity contribution in [2.24, 2.45) is 0 Å². The predicted molar refractivity (Wildman–Crippen MR) is 192 cm³/mol. The average molecular weight is 746 g/mol. The summed E-state index contributed by atoms with van der Waals surface area (Å²) in [6.07, 6.45) is 2.46. The van der Waals surface area contributed by atoms with Crippen LogP contribution in [0.4, 0.5) is 0 Å². The van der Waals surface area contributed by atoms with Gasteiger partial charge in [0.25, 0.3) is 0 Å². The zero-order valence-electron chi connectivity index (χ0n) is 26.9. The monoisotopic (exact) mass is 743 g/mol. The van der Waals surface area contributed by atoms with Gasteiger partial charge in [-0.2, -0.15) is 0 Å². The zero-order valence-corrected chi connectivity index (χ0v) is 30.9. The van der Waals surface area contributed by atoms with Gasteiger partial charge in [0.2, 0.25) is 0 Å². The van der Waals surface area contributed by atoms with Gasteiger partial charge in [0, 0.05) is 0 Å². The molecule has 2 aliphatic rings. The van der Waals surface area contributed by atoms with Crippen molar-refractivity contribution in [3.05, 3.63) is 218 Å². The number of allylic oxidation sites excluding steroid dienone is 1. The van der Waals surface area contributed by atoms with Crippen molar-refractivity contribution in [2.75, 3.05) is 0 Å². The van der Waals surface area contributed by atoms with Crippen LogP contribution in [0.3, 0.4) is 0 Å². The fourth-order valence-corrected chi connectivity index (χ4v) is 9.13. The maximum Gasteiger partial charge on any atom is -1.00 e. The molecular weight excluding hydrogens is 715 g/mol. The molecule has 9 rings (SSSR count). The standard InChI is InChI=1S/C46H31.2ClH.Zr/c1-30-27-42-38(36-24-23-31-13-8-9-18-34(31)28-36)21-12-22-40(42)44(30)46-41(26-25-39-37-20-11-10-19-35(37)29-43(39)46)45(32-14-4-2-5-15-32)33-16-6-3-7-17-33;;;/h2-28,44H,1H3;2*1H;/q;;;+2/p-2. The Hall–Kier alpha value is -4.26. The number of benzene rings is 7. The Morgan fingerprint density at radius 1 is 0.551 bits per heavy atom. The van der Waals surface area contributed by atoms with Crippen LogP contribution in [0.1, 0.15) is 46.2 Å². The maximum absolute atomic E-state index is 2.46. The molecule has 0 nitrogen and oxygen atoms in total. The van der Waals surface area contributed by atoms with E-state index in [4.69, 9.17) is 0 Å². The molecule has 0 aromatic heterocycles. The van der Waals surface area contributed by atoms with Gasteiger partial charge in [0.1, 0.15) is 0 Å². The molecule has 0 aliphatic heterocycles. The summed E-state index contributed by atoms with van der Waals surface area (Å²) in [7, 11) is 0. The Labute approximate surface area is 314 Å². The second-order valence-electron chi connectivity index (χ2n) is 12.7. The van der Waals surface area contributed by atoms with Crippen molar-refractivity contribution in [2.45, 2.75) is 12.8 Å². The van der Waals surface area contributed by atoms with Crippen LogP contribution in [0.5, 0.6) is 0 Å². The number of rotatable bonds is 4. The van der Waals surface area contributed by atoms with E-state index in [1.807, 2.05) is 0 Å². The predicted octanol–water partition coefficient (Wildman–Crippen LogP) is 3.61. The van der Waals surface area contributed by atoms with Gasteiger partial charge in [0.05, 0.1) is 0 Å². The van der Waals surface area contributed by atoms with Gasteiger partial charge in [-0.1, -0.05) is 6.07 Å². The first kappa shape index (κ1) is 33.2. The van der Waals surface area contributed by atoms with Crippen LogP contribution >= 0.6 is 0 Å². The van der Waals surface area contributed by atoms with Crippen molar-refractivity contribution < 1.29 is 49.5 Å². The number of hydrogen-bond donors (Lipinski definition) is 0. The Balaban J connectivity index is 0.00000189. The molecule has 0 spiro atoms. The average Bonchev–Trinajstić information content (AvgIpc) is 3.62. The fourth-order valence-electron chi connectivity index (χ4n) is 7.93. The molecule has 1 unspecified atom stereocenters. The van der Waals surface area contributed by atoms with Gasteiger partial charge in [-0.25, -0.2) is 0 Å². The Morgan fingerprint density at radius 3 is 1.90 bits per heavy atom. The van der Waals surface area contributed by atoms with E-state index in [1.165, 1.54) is 115 Å². The topological polar surface area (TPSA) is 0 Å². The van der Waals surface area contributed by atoms with E-state index in [2.05, 4.69) is 171 Å². The van der Waals surface area contributed by atoms with Crippen LogP contribution in [-0.4, -0.2) is 0 Å². The van der Waals surface area contributed by atoms with Gasteiger partial charge in [-0.3, -0.25) is 0 Å². The zero-order chi connectivity index (χ0) is 31.5. The van der Waals surface area contributed by atoms with E-state index >= 15 is 0 Å². The van der Waals surface area contributed by atoms with E-state index in [9.17, 15) is 0 Å². The molecule has 1 atom stereocenters. The molecule has 7 aromatic rings. The van der Waals surface area contributed by atoms with Crippen molar-refractivity contribution in [3.8, 4) is 11.1 Å². The Kier molecular flexibility index (Phi) is 9.21. The SMILES string of the molecule is CC1=Cc2c(-c3ccc4ccccc4c3)cccc2C1c1c2c(ccc1=C(c1ccccc1)c1ccccc1)=c1ccccc1=[C]2[Zr+2].[Cl-].[Cl-]. The van der Waals surface area contributed by atoms with E-state index in [-0.39, 0.29) is 30.7 Å². The van der Waals surface area contributed by atoms with Gasteiger partial charge in [-0.15, -0.1) is 0 Å². The quantitative estimate of drug-likeness (QED) is 0.259. The minimum absolute atomic E-state index is 0. The summed E-state index contributed by atoms with van der Waals surface area (Å²) in [5.74, 6) is 0.141. The van der Waals surface area contributed by atoms with Crippen molar-refractivity contribution in [1.29, 1.82) is 0 Å². The Bertz CT molecular complexity index is 2600. The molecule has 0 heterocycles. The third-order valence-electron chi connectivity index (χ3n) is 10.0. The Morgan fingerprint density at radius 2 is 1.18 bits per heavy atom. The molecular formula is C46H31Cl2Zr. The van der Waals surface area contributed by atoms with Crippen molar-refractivity contribution in [1.82, 2.24) is 0 Å². The molecule has 7 aromatic carbocycles. The van der Waals surface area contributed by atoms with Gasteiger partial charge in [0.15, 0.2) is 0 Å². The van der Waals surface area contributed by atoms with E-state index in [0.717, 1.165) is 0 Å². The molecule has 49 heavy (non-hydrogen) atoms. The first-order valence-corrected chi connectivity index (χ1v) is 17.5. The smallest absolute Gasteiger partial charge is 1.00 e. The molecule has 0 fully saturated rings. The van der Waals surface area contributed by atoms with Crippen LogP contribution in [0.2, 0.25) is 0 Å². The first-order chi connectivity index (χ1) is 23.2. The number of fused-ring (bicyclic) bond motifs is 4. The second-order valence-corrected chi connectivity index (χ2v) is 13.9. The fraction of sp³-hybridized carbons (Fsp3) is 0.0435. The summed E-state index contributed by atoms with van der Waals surface area (Å²) in [5, 5.41) is 7.96. The molecule has 0 saturated heterocycles. The van der Waals surface area contributed by atoms with E-state index < -0.39 is 0 Å². The van der Waals surface area contributed by atoms with Crippen LogP contribution in [0, 0.1) is 10.4 Å². The number of hydrogen-bond acceptors (Lipinski definition) is 0. The minimum Gasteiger partial charge on any atom is -1.00 e. The summed E-state index contributed by atoms with van der Waals surface area (Å²) in [6, 6.07) is 58.2. The molecule has 233 valence electrons. The summed E-state index contributed by atoms with van der Waals surface area (Å²) in [4.78, 5) is 0. The molecule has 3 heteroatoms. The van der Waals surface area contributed by atoms with E-state index in [1.54, 1.807) is 0 Å². The molecule has 2 aliphatic carbocycles. The third-order valence-corrected chi connectivity index (χ3v) is 11.3. The van der Waals surface area contributed by atoms with Crippen LogP contribution in [0.25, 0.3) is 36.8 Å². The summed E-state index contributed by atoms with van der Waals surface area (Å²) < 4.78 is 1.45. The van der Waals surface area contributed by atoms with Crippen LogP contribution in [-0.2, 0) is 24.7 Å². The maximum atomic E-state index is 2.46. The van der Waals surface area contributed by atoms with Crippen LogP contribution in [0.15, 0.2) is 163 Å². The van der Waals surface area contributed by atoms with Crippen molar-refractivity contribution >= 4 is 25.7 Å². The molecule has 0 saturated carbocycles. The molecule has 0 bridgehead atoms. The molecule has 0 radical (unpaired) electrons. The van der Waals surface area contributed by atoms with E-state index in [0.29, 0.717) is 0 Å². The van der Waals surface area contributed by atoms with Gasteiger partial charge < -0.3 is 24.8 Å². The van der Waals surface area contributed by atoms with Crippen LogP contribution < -0.4 is 35.3 Å². The normalized spacial score (nSPS) is 13.9. The number of halogens is 2.